The second kappa shape index (κ2) is 9.25. The number of amides is 1. The van der Waals surface area contributed by atoms with E-state index in [9.17, 15) is 14.7 Å². The van der Waals surface area contributed by atoms with Crippen LogP contribution < -0.4 is 5.32 Å². The standard InChI is InChI=1S/C27H16Cl2N2O4/c28-16-8-9-21(29)20(13-16)24-10-11-25(35-24)26(32)30-17-5-3-4-15(12-17)23-14-19(27(33)34)18-6-1-2-7-22(18)31-23/h1-14H,(H,30,32)(H,33,34). The predicted molar refractivity (Wildman–Crippen MR) is 136 cm³/mol. The Bertz CT molecular complexity index is 1610. The monoisotopic (exact) mass is 502 g/mol. The topological polar surface area (TPSA) is 92.4 Å². The molecule has 1 amide bonds. The number of para-hydroxylation sites is 1. The highest BCUT2D eigenvalue weighted by atomic mass is 35.5. The van der Waals surface area contributed by atoms with E-state index in [4.69, 9.17) is 27.6 Å². The van der Waals surface area contributed by atoms with Gasteiger partial charge in [-0.05, 0) is 54.6 Å². The van der Waals surface area contributed by atoms with Gasteiger partial charge in [0, 0.05) is 27.2 Å². The van der Waals surface area contributed by atoms with Crippen molar-refractivity contribution in [2.75, 3.05) is 5.32 Å². The Kier molecular flexibility index (Phi) is 5.99. The van der Waals surface area contributed by atoms with Crippen molar-refractivity contribution >= 4 is 51.7 Å². The Hall–Kier alpha value is -4.13. The molecule has 0 saturated heterocycles. The number of anilines is 1. The number of halogens is 2. The summed E-state index contributed by atoms with van der Waals surface area (Å²) >= 11 is 12.3. The summed E-state index contributed by atoms with van der Waals surface area (Å²) in [5.41, 5.74) is 2.94. The summed E-state index contributed by atoms with van der Waals surface area (Å²) in [5, 5.41) is 14.0. The Labute approximate surface area is 209 Å². The molecule has 5 aromatic rings. The van der Waals surface area contributed by atoms with Crippen LogP contribution in [0.1, 0.15) is 20.9 Å². The quantitative estimate of drug-likeness (QED) is 0.260. The molecule has 0 aliphatic heterocycles. The zero-order chi connectivity index (χ0) is 24.5. The fraction of sp³-hybridized carbons (Fsp3) is 0. The molecule has 0 spiro atoms. The van der Waals surface area contributed by atoms with E-state index in [1.54, 1.807) is 78.9 Å². The lowest BCUT2D eigenvalue weighted by molar-refractivity contribution is 0.0698. The van der Waals surface area contributed by atoms with Crippen molar-refractivity contribution in [2.45, 2.75) is 0 Å². The predicted octanol–water partition coefficient (Wildman–Crippen LogP) is 7.42. The number of aromatic nitrogens is 1. The molecule has 0 unspecified atom stereocenters. The Morgan fingerprint density at radius 3 is 2.54 bits per heavy atom. The number of furan rings is 1. The summed E-state index contributed by atoms with van der Waals surface area (Å²) in [6, 6.07) is 23.8. The number of benzene rings is 3. The minimum absolute atomic E-state index is 0.0958. The van der Waals surface area contributed by atoms with Gasteiger partial charge in [-0.25, -0.2) is 9.78 Å². The van der Waals surface area contributed by atoms with Crippen molar-refractivity contribution in [1.82, 2.24) is 4.98 Å². The van der Waals surface area contributed by atoms with Gasteiger partial charge >= 0.3 is 5.97 Å². The first kappa shape index (κ1) is 22.7. The van der Waals surface area contributed by atoms with Crippen LogP contribution in [-0.2, 0) is 0 Å². The normalized spacial score (nSPS) is 10.9. The zero-order valence-corrected chi connectivity index (χ0v) is 19.5. The van der Waals surface area contributed by atoms with Crippen molar-refractivity contribution in [2.24, 2.45) is 0 Å². The van der Waals surface area contributed by atoms with Crippen LogP contribution in [0.5, 0.6) is 0 Å². The number of nitrogens with one attached hydrogen (secondary N) is 1. The molecule has 0 atom stereocenters. The smallest absolute Gasteiger partial charge is 0.336 e. The maximum absolute atomic E-state index is 12.8. The molecule has 0 radical (unpaired) electrons. The summed E-state index contributed by atoms with van der Waals surface area (Å²) in [6.45, 7) is 0. The molecule has 3 aromatic carbocycles. The maximum atomic E-state index is 12.8. The lowest BCUT2D eigenvalue weighted by atomic mass is 10.0. The minimum Gasteiger partial charge on any atom is -0.478 e. The van der Waals surface area contributed by atoms with Crippen LogP contribution in [-0.4, -0.2) is 22.0 Å². The molecule has 35 heavy (non-hydrogen) atoms. The SMILES string of the molecule is O=C(Nc1cccc(-c2cc(C(=O)O)c3ccccc3n2)c1)c1ccc(-c2cc(Cl)ccc2Cl)o1. The fourth-order valence-electron chi connectivity index (χ4n) is 3.74. The summed E-state index contributed by atoms with van der Waals surface area (Å²) in [6.07, 6.45) is 0. The summed E-state index contributed by atoms with van der Waals surface area (Å²) < 4.78 is 5.71. The van der Waals surface area contributed by atoms with E-state index in [0.29, 0.717) is 49.2 Å². The first-order chi connectivity index (χ1) is 16.9. The van der Waals surface area contributed by atoms with Crippen molar-refractivity contribution < 1.29 is 19.1 Å². The number of carbonyl (C=O) groups excluding carboxylic acids is 1. The number of nitrogens with zero attached hydrogens (tertiary/aromatic N) is 1. The van der Waals surface area contributed by atoms with E-state index < -0.39 is 11.9 Å². The molecule has 0 fully saturated rings. The Balaban J connectivity index is 1.43. The minimum atomic E-state index is -1.04. The van der Waals surface area contributed by atoms with Gasteiger partial charge < -0.3 is 14.8 Å². The van der Waals surface area contributed by atoms with E-state index in [1.165, 1.54) is 6.07 Å². The molecule has 0 saturated carbocycles. The van der Waals surface area contributed by atoms with Gasteiger partial charge in [-0.15, -0.1) is 0 Å². The van der Waals surface area contributed by atoms with Gasteiger partial charge in [0.25, 0.3) is 5.91 Å². The average Bonchev–Trinajstić information content (AvgIpc) is 3.35. The second-order valence-electron chi connectivity index (χ2n) is 7.70. The van der Waals surface area contributed by atoms with Crippen LogP contribution in [0.15, 0.2) is 89.3 Å². The highest BCUT2D eigenvalue weighted by Crippen LogP contribution is 2.32. The van der Waals surface area contributed by atoms with E-state index in [-0.39, 0.29) is 11.3 Å². The van der Waals surface area contributed by atoms with Crippen LogP contribution in [0, 0.1) is 0 Å². The largest absolute Gasteiger partial charge is 0.478 e. The third-order valence-corrected chi connectivity index (χ3v) is 5.95. The molecule has 172 valence electrons. The molecule has 0 aliphatic carbocycles. The first-order valence-electron chi connectivity index (χ1n) is 10.5. The van der Waals surface area contributed by atoms with Gasteiger partial charge in [0.05, 0.1) is 21.8 Å². The highest BCUT2D eigenvalue weighted by molar-refractivity contribution is 6.35. The number of rotatable bonds is 5. The van der Waals surface area contributed by atoms with E-state index in [1.807, 2.05) is 0 Å². The number of pyridine rings is 1. The molecule has 8 heteroatoms. The van der Waals surface area contributed by atoms with E-state index in [2.05, 4.69) is 10.3 Å². The molecule has 0 aliphatic rings. The number of hydrogen-bond donors (Lipinski definition) is 2. The maximum Gasteiger partial charge on any atom is 0.336 e. The number of aromatic carboxylic acids is 1. The summed E-state index contributed by atoms with van der Waals surface area (Å²) in [4.78, 5) is 29.2. The average molecular weight is 503 g/mol. The van der Waals surface area contributed by atoms with Crippen molar-refractivity contribution in [3.63, 3.8) is 0 Å². The molecule has 0 bridgehead atoms. The molecular weight excluding hydrogens is 487 g/mol. The van der Waals surface area contributed by atoms with Gasteiger partial charge in [0.1, 0.15) is 5.76 Å². The number of hydrogen-bond acceptors (Lipinski definition) is 4. The molecular formula is C27H16Cl2N2O4. The van der Waals surface area contributed by atoms with Crippen molar-refractivity contribution in [1.29, 1.82) is 0 Å². The molecule has 2 N–H and O–H groups in total. The van der Waals surface area contributed by atoms with Crippen LogP contribution in [0.4, 0.5) is 5.69 Å². The zero-order valence-electron chi connectivity index (χ0n) is 18.0. The number of carboxylic acid groups (broad SMARTS) is 1. The molecule has 5 rings (SSSR count). The number of fused-ring (bicyclic) bond motifs is 1. The third kappa shape index (κ3) is 4.62. The van der Waals surface area contributed by atoms with Gasteiger partial charge in [-0.1, -0.05) is 53.5 Å². The van der Waals surface area contributed by atoms with Gasteiger partial charge in [-0.2, -0.15) is 0 Å². The lowest BCUT2D eigenvalue weighted by Crippen LogP contribution is -2.10. The number of carboxylic acids is 1. The van der Waals surface area contributed by atoms with Crippen molar-refractivity contribution in [3.8, 4) is 22.6 Å². The van der Waals surface area contributed by atoms with E-state index in [0.717, 1.165) is 0 Å². The highest BCUT2D eigenvalue weighted by Gasteiger charge is 2.16. The van der Waals surface area contributed by atoms with Crippen LogP contribution in [0.25, 0.3) is 33.5 Å². The molecule has 2 heterocycles. The first-order valence-corrected chi connectivity index (χ1v) is 11.2. The van der Waals surface area contributed by atoms with E-state index >= 15 is 0 Å². The Morgan fingerprint density at radius 1 is 0.886 bits per heavy atom. The van der Waals surface area contributed by atoms with Crippen molar-refractivity contribution in [3.05, 3.63) is 106 Å². The number of carbonyl (C=O) groups is 2. The van der Waals surface area contributed by atoms with Gasteiger partial charge in [-0.3, -0.25) is 4.79 Å². The third-order valence-electron chi connectivity index (χ3n) is 5.39. The van der Waals surface area contributed by atoms with Crippen LogP contribution >= 0.6 is 23.2 Å². The molecule has 6 nitrogen and oxygen atoms in total. The summed E-state index contributed by atoms with van der Waals surface area (Å²) in [7, 11) is 0. The van der Waals surface area contributed by atoms with Crippen LogP contribution in [0.3, 0.4) is 0 Å². The van der Waals surface area contributed by atoms with Gasteiger partial charge in [0.2, 0.25) is 0 Å². The fourth-order valence-corrected chi connectivity index (χ4v) is 4.12. The molecule has 2 aromatic heterocycles. The second-order valence-corrected chi connectivity index (χ2v) is 8.54. The van der Waals surface area contributed by atoms with Crippen LogP contribution in [0.2, 0.25) is 10.0 Å². The Morgan fingerprint density at radius 2 is 1.71 bits per heavy atom. The summed E-state index contributed by atoms with van der Waals surface area (Å²) in [5.74, 6) is -0.983. The van der Waals surface area contributed by atoms with Gasteiger partial charge in [0.15, 0.2) is 5.76 Å². The lowest BCUT2D eigenvalue weighted by Gasteiger charge is -2.09.